The Morgan fingerprint density at radius 1 is 1.27 bits per heavy atom. The monoisotopic (exact) mass is 345 g/mol. The topological polar surface area (TPSA) is 36.4 Å². The van der Waals surface area contributed by atoms with Gasteiger partial charge in [0, 0.05) is 25.4 Å². The summed E-state index contributed by atoms with van der Waals surface area (Å²) in [5.74, 6) is 2.08. The molecule has 15 heavy (non-hydrogen) atoms. The molecule has 0 spiro atoms. The lowest BCUT2D eigenvalue weighted by molar-refractivity contribution is 0.781. The van der Waals surface area contributed by atoms with Gasteiger partial charge in [0.1, 0.15) is 0 Å². The molecule has 0 heterocycles. The zero-order chi connectivity index (χ0) is 10.6. The first-order valence-corrected chi connectivity index (χ1v) is 6.75. The second-order valence-electron chi connectivity index (χ2n) is 3.03. The molecule has 0 rings (SSSR count). The van der Waals surface area contributed by atoms with Crippen LogP contribution in [0, 0.1) is 0 Å². The first-order valence-electron chi connectivity index (χ1n) is 5.36. The van der Waals surface area contributed by atoms with E-state index in [0.717, 1.165) is 31.3 Å². The molecule has 5 heteroatoms. The predicted octanol–water partition coefficient (Wildman–Crippen LogP) is 2.32. The molecule has 0 bridgehead atoms. The van der Waals surface area contributed by atoms with Crippen molar-refractivity contribution in [3.63, 3.8) is 0 Å². The van der Waals surface area contributed by atoms with Crippen LogP contribution < -0.4 is 10.6 Å². The Morgan fingerprint density at radius 2 is 2.00 bits per heavy atom. The van der Waals surface area contributed by atoms with Gasteiger partial charge in [0.05, 0.1) is 0 Å². The van der Waals surface area contributed by atoms with E-state index in [1.807, 2.05) is 11.8 Å². The quantitative estimate of drug-likeness (QED) is 0.322. The van der Waals surface area contributed by atoms with Gasteiger partial charge in [-0.2, -0.15) is 11.8 Å². The van der Waals surface area contributed by atoms with Crippen LogP contribution in [0.15, 0.2) is 4.99 Å². The van der Waals surface area contributed by atoms with Gasteiger partial charge >= 0.3 is 0 Å². The highest BCUT2D eigenvalue weighted by molar-refractivity contribution is 14.0. The predicted molar refractivity (Wildman–Crippen MR) is 82.7 cm³/mol. The number of halogens is 1. The first kappa shape index (κ1) is 17.7. The highest BCUT2D eigenvalue weighted by Crippen LogP contribution is 1.89. The number of guanidine groups is 1. The van der Waals surface area contributed by atoms with Crippen molar-refractivity contribution >= 4 is 41.7 Å². The molecular formula is C10H24IN3S. The van der Waals surface area contributed by atoms with Crippen molar-refractivity contribution in [2.45, 2.75) is 26.7 Å². The van der Waals surface area contributed by atoms with Crippen LogP contribution in [0.4, 0.5) is 0 Å². The fraction of sp³-hybridized carbons (Fsp3) is 0.900. The first-order chi connectivity index (χ1) is 6.85. The summed E-state index contributed by atoms with van der Waals surface area (Å²) >= 11 is 1.84. The summed E-state index contributed by atoms with van der Waals surface area (Å²) in [6.07, 6.45) is 4.48. The van der Waals surface area contributed by atoms with Crippen LogP contribution in [0.5, 0.6) is 0 Å². The smallest absolute Gasteiger partial charge is 0.191 e. The van der Waals surface area contributed by atoms with E-state index in [1.165, 1.54) is 12.8 Å². The Labute approximate surface area is 115 Å². The molecule has 0 amide bonds. The minimum absolute atomic E-state index is 0. The lowest BCUT2D eigenvalue weighted by Gasteiger charge is -2.10. The van der Waals surface area contributed by atoms with E-state index in [0.29, 0.717) is 0 Å². The molecule has 0 aromatic carbocycles. The van der Waals surface area contributed by atoms with Crippen molar-refractivity contribution in [2.24, 2.45) is 4.99 Å². The van der Waals surface area contributed by atoms with E-state index in [9.17, 15) is 0 Å². The van der Waals surface area contributed by atoms with Gasteiger partial charge in [-0.25, -0.2) is 0 Å². The molecule has 92 valence electrons. The average Bonchev–Trinajstić information content (AvgIpc) is 2.18. The Morgan fingerprint density at radius 3 is 2.53 bits per heavy atom. The molecule has 0 atom stereocenters. The highest BCUT2D eigenvalue weighted by Gasteiger charge is 1.94. The summed E-state index contributed by atoms with van der Waals surface area (Å²) in [6.45, 7) is 7.11. The summed E-state index contributed by atoms with van der Waals surface area (Å²) in [6, 6.07) is 0. The van der Waals surface area contributed by atoms with Crippen LogP contribution in [-0.4, -0.2) is 37.6 Å². The number of thioether (sulfide) groups is 1. The van der Waals surface area contributed by atoms with Gasteiger partial charge < -0.3 is 10.6 Å². The SMILES string of the molecule is CCCCN=C(NCC)NCCSC.I. The lowest BCUT2D eigenvalue weighted by atomic mass is 10.3. The van der Waals surface area contributed by atoms with E-state index in [2.05, 4.69) is 35.7 Å². The molecule has 0 unspecified atom stereocenters. The minimum Gasteiger partial charge on any atom is -0.357 e. The number of unbranched alkanes of at least 4 members (excludes halogenated alkanes) is 1. The number of hydrogen-bond acceptors (Lipinski definition) is 2. The van der Waals surface area contributed by atoms with Crippen LogP contribution >= 0.6 is 35.7 Å². The third kappa shape index (κ3) is 12.3. The molecule has 0 radical (unpaired) electrons. The molecule has 0 saturated heterocycles. The molecular weight excluding hydrogens is 321 g/mol. The van der Waals surface area contributed by atoms with Gasteiger partial charge in [0.15, 0.2) is 5.96 Å². The zero-order valence-electron chi connectivity index (χ0n) is 10.0. The van der Waals surface area contributed by atoms with Crippen LogP contribution in [0.3, 0.4) is 0 Å². The van der Waals surface area contributed by atoms with Crippen LogP contribution in [0.2, 0.25) is 0 Å². The largest absolute Gasteiger partial charge is 0.357 e. The maximum Gasteiger partial charge on any atom is 0.191 e. The molecule has 3 nitrogen and oxygen atoms in total. The molecule has 0 fully saturated rings. The zero-order valence-corrected chi connectivity index (χ0v) is 13.2. The van der Waals surface area contributed by atoms with Crippen molar-refractivity contribution < 1.29 is 0 Å². The van der Waals surface area contributed by atoms with Crippen LogP contribution in [-0.2, 0) is 0 Å². The Hall–Kier alpha value is 0.350. The number of nitrogens with one attached hydrogen (secondary N) is 2. The molecule has 0 aliphatic carbocycles. The van der Waals surface area contributed by atoms with Crippen molar-refractivity contribution in [3.8, 4) is 0 Å². The van der Waals surface area contributed by atoms with Gasteiger partial charge in [-0.15, -0.1) is 24.0 Å². The van der Waals surface area contributed by atoms with E-state index >= 15 is 0 Å². The third-order valence-electron chi connectivity index (χ3n) is 1.72. The molecule has 2 N–H and O–H groups in total. The summed E-state index contributed by atoms with van der Waals surface area (Å²) in [5.41, 5.74) is 0. The van der Waals surface area contributed by atoms with Gasteiger partial charge in [-0.3, -0.25) is 4.99 Å². The van der Waals surface area contributed by atoms with E-state index in [-0.39, 0.29) is 24.0 Å². The fourth-order valence-electron chi connectivity index (χ4n) is 0.962. The molecule has 0 aliphatic rings. The van der Waals surface area contributed by atoms with Gasteiger partial charge in [-0.1, -0.05) is 13.3 Å². The molecule has 0 saturated carbocycles. The van der Waals surface area contributed by atoms with Crippen LogP contribution in [0.25, 0.3) is 0 Å². The summed E-state index contributed by atoms with van der Waals surface area (Å²) in [4.78, 5) is 4.46. The summed E-state index contributed by atoms with van der Waals surface area (Å²) in [5, 5.41) is 6.53. The Kier molecular flexibility index (Phi) is 17.0. The summed E-state index contributed by atoms with van der Waals surface area (Å²) in [7, 11) is 0. The number of hydrogen-bond donors (Lipinski definition) is 2. The number of nitrogens with zero attached hydrogens (tertiary/aromatic N) is 1. The van der Waals surface area contributed by atoms with Gasteiger partial charge in [-0.05, 0) is 19.6 Å². The maximum atomic E-state index is 4.46. The number of rotatable bonds is 7. The molecule has 0 aliphatic heterocycles. The summed E-state index contributed by atoms with van der Waals surface area (Å²) < 4.78 is 0. The van der Waals surface area contributed by atoms with E-state index in [4.69, 9.17) is 0 Å². The minimum atomic E-state index is 0. The third-order valence-corrected chi connectivity index (χ3v) is 2.34. The average molecular weight is 345 g/mol. The maximum absolute atomic E-state index is 4.46. The van der Waals surface area contributed by atoms with E-state index in [1.54, 1.807) is 0 Å². The van der Waals surface area contributed by atoms with Crippen molar-refractivity contribution in [3.05, 3.63) is 0 Å². The molecule has 0 aromatic heterocycles. The van der Waals surface area contributed by atoms with Crippen molar-refractivity contribution in [1.82, 2.24) is 10.6 Å². The fourth-order valence-corrected chi connectivity index (χ4v) is 1.27. The second-order valence-corrected chi connectivity index (χ2v) is 4.02. The van der Waals surface area contributed by atoms with Gasteiger partial charge in [0.25, 0.3) is 0 Å². The van der Waals surface area contributed by atoms with Crippen molar-refractivity contribution in [2.75, 3.05) is 31.6 Å². The Bertz CT molecular complexity index is 154. The second kappa shape index (κ2) is 14.3. The van der Waals surface area contributed by atoms with Gasteiger partial charge in [0.2, 0.25) is 0 Å². The normalized spacial score (nSPS) is 10.7. The highest BCUT2D eigenvalue weighted by atomic mass is 127. The number of aliphatic imine (C=N–C) groups is 1. The Balaban J connectivity index is 0. The van der Waals surface area contributed by atoms with E-state index < -0.39 is 0 Å². The van der Waals surface area contributed by atoms with Crippen LogP contribution in [0.1, 0.15) is 26.7 Å². The molecule has 0 aromatic rings. The standard InChI is InChI=1S/C10H23N3S.HI/c1-4-6-7-12-10(11-5-2)13-8-9-14-3;/h4-9H2,1-3H3,(H2,11,12,13);1H. The van der Waals surface area contributed by atoms with Crippen molar-refractivity contribution in [1.29, 1.82) is 0 Å². The lowest BCUT2D eigenvalue weighted by Crippen LogP contribution is -2.38.